The van der Waals surface area contributed by atoms with E-state index in [9.17, 15) is 4.79 Å². The molecule has 2 N–H and O–H groups in total. The summed E-state index contributed by atoms with van der Waals surface area (Å²) in [7, 11) is 0. The molecule has 4 aromatic rings. The lowest BCUT2D eigenvalue weighted by Crippen LogP contribution is -2.45. The summed E-state index contributed by atoms with van der Waals surface area (Å²) < 4.78 is 8.20. The zero-order chi connectivity index (χ0) is 24.4. The van der Waals surface area contributed by atoms with Crippen LogP contribution in [0.25, 0.3) is 5.69 Å². The Morgan fingerprint density at radius 1 is 0.914 bits per heavy atom. The van der Waals surface area contributed by atoms with Gasteiger partial charge in [-0.15, -0.1) is 0 Å². The summed E-state index contributed by atoms with van der Waals surface area (Å²) in [6.07, 6.45) is 0. The van der Waals surface area contributed by atoms with Gasteiger partial charge in [0.1, 0.15) is 5.75 Å². The number of carbonyl (C=O) groups excluding carboxylic acids is 1. The highest BCUT2D eigenvalue weighted by Crippen LogP contribution is 2.39. The molecule has 0 radical (unpaired) electrons. The van der Waals surface area contributed by atoms with Gasteiger partial charge < -0.3 is 15.4 Å². The Morgan fingerprint density at radius 3 is 2.17 bits per heavy atom. The number of Topliss-reactive ketones (excluding diaryl/α,β-unsaturated/α-hetero) is 1. The molecular formula is C28H24N4O2S. The third kappa shape index (κ3) is 4.46. The first kappa shape index (κ1) is 22.6. The number of aromatic nitrogens is 2. The van der Waals surface area contributed by atoms with Crippen molar-refractivity contribution in [3.8, 4) is 17.3 Å². The monoisotopic (exact) mass is 480 g/mol. The van der Waals surface area contributed by atoms with Gasteiger partial charge >= 0.3 is 0 Å². The molecule has 6 nitrogen and oxygen atoms in total. The van der Waals surface area contributed by atoms with Gasteiger partial charge in [0, 0.05) is 16.8 Å². The van der Waals surface area contributed by atoms with Crippen LogP contribution < -0.4 is 15.4 Å². The van der Waals surface area contributed by atoms with Crippen LogP contribution in [0.2, 0.25) is 0 Å². The molecule has 0 spiro atoms. The lowest BCUT2D eigenvalue weighted by Gasteiger charge is -2.30. The highest BCUT2D eigenvalue weighted by molar-refractivity contribution is 7.80. The van der Waals surface area contributed by atoms with Gasteiger partial charge in [-0.25, -0.2) is 4.68 Å². The van der Waals surface area contributed by atoms with E-state index in [4.69, 9.17) is 22.1 Å². The van der Waals surface area contributed by atoms with Crippen molar-refractivity contribution in [3.63, 3.8) is 0 Å². The smallest absolute Gasteiger partial charge is 0.228 e. The van der Waals surface area contributed by atoms with Crippen LogP contribution in [0.3, 0.4) is 0 Å². The van der Waals surface area contributed by atoms with Crippen LogP contribution in [0.15, 0.2) is 102 Å². The zero-order valence-corrected chi connectivity index (χ0v) is 20.2. The SMILES string of the molecule is CC1=C(C(=O)c2ccccc2)C(c2c(C)nn(-c3ccccc3)c2Oc2ccccc2)NC(=S)N1. The molecule has 174 valence electrons. The number of nitrogens with zero attached hydrogens (tertiary/aromatic N) is 2. The van der Waals surface area contributed by atoms with Crippen molar-refractivity contribution in [2.24, 2.45) is 0 Å². The minimum absolute atomic E-state index is 0.0897. The molecule has 1 aliphatic heterocycles. The second kappa shape index (κ2) is 9.56. The second-order valence-electron chi connectivity index (χ2n) is 8.23. The number of ether oxygens (including phenoxy) is 1. The molecule has 0 fully saturated rings. The Bertz CT molecular complexity index is 1410. The molecule has 7 heteroatoms. The largest absolute Gasteiger partial charge is 0.439 e. The lowest BCUT2D eigenvalue weighted by atomic mass is 9.89. The lowest BCUT2D eigenvalue weighted by molar-refractivity contribution is 0.102. The van der Waals surface area contributed by atoms with Crippen LogP contribution >= 0.6 is 12.2 Å². The fourth-order valence-electron chi connectivity index (χ4n) is 4.25. The van der Waals surface area contributed by atoms with Gasteiger partial charge in [0.15, 0.2) is 10.9 Å². The minimum Gasteiger partial charge on any atom is -0.439 e. The summed E-state index contributed by atoms with van der Waals surface area (Å²) in [6, 6.07) is 28.0. The van der Waals surface area contributed by atoms with Crippen molar-refractivity contribution < 1.29 is 9.53 Å². The second-order valence-corrected chi connectivity index (χ2v) is 8.64. The molecular weight excluding hydrogens is 456 g/mol. The number of nitrogens with one attached hydrogen (secondary N) is 2. The molecule has 3 aromatic carbocycles. The van der Waals surface area contributed by atoms with Crippen molar-refractivity contribution in [3.05, 3.63) is 119 Å². The van der Waals surface area contributed by atoms with E-state index in [1.54, 1.807) is 4.68 Å². The summed E-state index contributed by atoms with van der Waals surface area (Å²) in [6.45, 7) is 3.78. The van der Waals surface area contributed by atoms with Crippen LogP contribution in [-0.2, 0) is 0 Å². The van der Waals surface area contributed by atoms with Crippen LogP contribution in [0, 0.1) is 6.92 Å². The number of rotatable bonds is 6. The van der Waals surface area contributed by atoms with Gasteiger partial charge in [-0.3, -0.25) is 4.79 Å². The quantitative estimate of drug-likeness (QED) is 0.275. The summed E-state index contributed by atoms with van der Waals surface area (Å²) in [5.41, 5.74) is 4.19. The Morgan fingerprint density at radius 2 is 1.51 bits per heavy atom. The number of benzene rings is 3. The number of para-hydroxylation sites is 2. The molecule has 5 rings (SSSR count). The van der Waals surface area contributed by atoms with Gasteiger partial charge in [-0.05, 0) is 50.3 Å². The summed E-state index contributed by atoms with van der Waals surface area (Å²) >= 11 is 5.50. The number of aryl methyl sites for hydroxylation is 1. The molecule has 35 heavy (non-hydrogen) atoms. The summed E-state index contributed by atoms with van der Waals surface area (Å²) in [5, 5.41) is 11.7. The number of hydrogen-bond donors (Lipinski definition) is 2. The number of ketones is 1. The van der Waals surface area contributed by atoms with Crippen molar-refractivity contribution in [1.29, 1.82) is 0 Å². The molecule has 0 amide bonds. The van der Waals surface area contributed by atoms with Crippen LogP contribution in [-0.4, -0.2) is 20.7 Å². The number of hydrogen-bond acceptors (Lipinski definition) is 4. The Labute approximate surface area is 209 Å². The highest BCUT2D eigenvalue weighted by Gasteiger charge is 2.36. The average Bonchev–Trinajstić information content (AvgIpc) is 3.20. The summed E-state index contributed by atoms with van der Waals surface area (Å²) in [4.78, 5) is 13.7. The fourth-order valence-corrected chi connectivity index (χ4v) is 4.52. The van der Waals surface area contributed by atoms with Crippen LogP contribution in [0.1, 0.15) is 34.6 Å². The Hall–Kier alpha value is -4.23. The topological polar surface area (TPSA) is 68.2 Å². The maximum absolute atomic E-state index is 13.7. The van der Waals surface area contributed by atoms with Crippen LogP contribution in [0.5, 0.6) is 11.6 Å². The zero-order valence-electron chi connectivity index (χ0n) is 19.4. The van der Waals surface area contributed by atoms with Gasteiger partial charge in [0.2, 0.25) is 5.88 Å². The van der Waals surface area contributed by atoms with E-state index >= 15 is 0 Å². The molecule has 2 heterocycles. The van der Waals surface area contributed by atoms with Crippen LogP contribution in [0.4, 0.5) is 0 Å². The molecule has 1 atom stereocenters. The third-order valence-electron chi connectivity index (χ3n) is 5.86. The predicted octanol–water partition coefficient (Wildman–Crippen LogP) is 5.65. The molecule has 1 aliphatic rings. The molecule has 0 aliphatic carbocycles. The van der Waals surface area contributed by atoms with Crippen molar-refractivity contribution >= 4 is 23.1 Å². The molecule has 0 bridgehead atoms. The maximum atomic E-state index is 13.7. The third-order valence-corrected chi connectivity index (χ3v) is 6.08. The van der Waals surface area contributed by atoms with Crippen molar-refractivity contribution in [2.75, 3.05) is 0 Å². The van der Waals surface area contributed by atoms with E-state index in [1.165, 1.54) is 0 Å². The maximum Gasteiger partial charge on any atom is 0.228 e. The van der Waals surface area contributed by atoms with Gasteiger partial charge in [-0.1, -0.05) is 66.7 Å². The molecule has 1 aromatic heterocycles. The Kier molecular flexibility index (Phi) is 6.16. The van der Waals surface area contributed by atoms with E-state index in [1.807, 2.05) is 105 Å². The Balaban J connectivity index is 1.70. The van der Waals surface area contributed by atoms with Gasteiger partial charge in [0.25, 0.3) is 0 Å². The molecule has 1 unspecified atom stereocenters. The van der Waals surface area contributed by atoms with E-state index in [0.29, 0.717) is 33.6 Å². The first-order chi connectivity index (χ1) is 17.0. The van der Waals surface area contributed by atoms with E-state index < -0.39 is 6.04 Å². The molecule has 0 saturated carbocycles. The number of carbonyl (C=O) groups is 1. The first-order valence-electron chi connectivity index (χ1n) is 11.3. The van der Waals surface area contributed by atoms with E-state index in [0.717, 1.165) is 16.9 Å². The number of thiocarbonyl (C=S) groups is 1. The first-order valence-corrected chi connectivity index (χ1v) is 11.7. The van der Waals surface area contributed by atoms with Gasteiger partial charge in [0.05, 0.1) is 23.0 Å². The van der Waals surface area contributed by atoms with E-state index in [2.05, 4.69) is 10.6 Å². The highest BCUT2D eigenvalue weighted by atomic mass is 32.1. The normalized spacial score (nSPS) is 15.4. The number of allylic oxidation sites excluding steroid dienone is 1. The molecule has 0 saturated heterocycles. The predicted molar refractivity (Wildman–Crippen MR) is 140 cm³/mol. The minimum atomic E-state index is -0.548. The summed E-state index contributed by atoms with van der Waals surface area (Å²) in [5.74, 6) is 1.10. The van der Waals surface area contributed by atoms with Gasteiger partial charge in [-0.2, -0.15) is 5.10 Å². The van der Waals surface area contributed by atoms with E-state index in [-0.39, 0.29) is 5.78 Å². The van der Waals surface area contributed by atoms with Crippen molar-refractivity contribution in [1.82, 2.24) is 20.4 Å². The van der Waals surface area contributed by atoms with Crippen molar-refractivity contribution in [2.45, 2.75) is 19.9 Å². The standard InChI is InChI=1S/C28H24N4O2S/c1-18-23(26(33)20-12-6-3-7-13-20)25(30-28(35)29-18)24-19(2)31-32(21-14-8-4-9-15-21)27(24)34-22-16-10-5-11-17-22/h3-17,25H,1-2H3,(H2,29,30,35). The fraction of sp³-hybridized carbons (Fsp3) is 0.107. The average molecular weight is 481 g/mol.